The van der Waals surface area contributed by atoms with Gasteiger partial charge in [0.25, 0.3) is 0 Å². The summed E-state index contributed by atoms with van der Waals surface area (Å²) in [6.45, 7) is 4.70. The van der Waals surface area contributed by atoms with Gasteiger partial charge in [0.2, 0.25) is 5.91 Å². The predicted molar refractivity (Wildman–Crippen MR) is 97.2 cm³/mol. The van der Waals surface area contributed by atoms with Gasteiger partial charge in [-0.3, -0.25) is 4.79 Å². The lowest BCUT2D eigenvalue weighted by molar-refractivity contribution is -0.132. The Balaban J connectivity index is 0.00000242. The smallest absolute Gasteiger partial charge is 0.235 e. The average Bonchev–Trinajstić information content (AvgIpc) is 2.49. The molecule has 0 saturated carbocycles. The number of hydrogen-bond donors (Lipinski definition) is 1. The van der Waals surface area contributed by atoms with Gasteiger partial charge in [0, 0.05) is 18.0 Å². The normalized spacial score (nSPS) is 19.4. The number of thioether (sulfide) groups is 1. The Morgan fingerprint density at radius 3 is 2.91 bits per heavy atom. The lowest BCUT2D eigenvalue weighted by atomic mass is 9.98. The molecule has 1 fully saturated rings. The zero-order chi connectivity index (χ0) is 15.2. The molecule has 124 valence electrons. The van der Waals surface area contributed by atoms with Gasteiger partial charge in [-0.1, -0.05) is 23.7 Å². The lowest BCUT2D eigenvalue weighted by Gasteiger charge is -2.34. The number of nitrogens with zero attached hydrogens (tertiary/aromatic N) is 1. The number of carbonyl (C=O) groups excluding carboxylic acids is 1. The van der Waals surface area contributed by atoms with Crippen molar-refractivity contribution in [2.24, 2.45) is 5.92 Å². The molecule has 1 N–H and O–H groups in total. The van der Waals surface area contributed by atoms with E-state index in [4.69, 9.17) is 11.6 Å². The molecule has 2 unspecified atom stereocenters. The largest absolute Gasteiger partial charge is 0.341 e. The quantitative estimate of drug-likeness (QED) is 0.810. The number of piperidine rings is 1. The van der Waals surface area contributed by atoms with Crippen molar-refractivity contribution in [3.05, 3.63) is 29.3 Å². The minimum Gasteiger partial charge on any atom is -0.341 e. The minimum absolute atomic E-state index is 0. The number of likely N-dealkylation sites (tertiary alicyclic amines) is 1. The number of rotatable bonds is 5. The van der Waals surface area contributed by atoms with Crippen molar-refractivity contribution in [1.29, 1.82) is 0 Å². The first-order valence-corrected chi connectivity index (χ1v) is 8.72. The van der Waals surface area contributed by atoms with Crippen LogP contribution in [0.2, 0.25) is 5.02 Å². The molecule has 0 radical (unpaired) electrons. The summed E-state index contributed by atoms with van der Waals surface area (Å²) in [5, 5.41) is 3.83. The van der Waals surface area contributed by atoms with Crippen LogP contribution in [-0.4, -0.2) is 42.7 Å². The molecule has 6 heteroatoms. The molecule has 0 spiro atoms. The van der Waals surface area contributed by atoms with Gasteiger partial charge in [0.1, 0.15) is 0 Å². The van der Waals surface area contributed by atoms with Crippen molar-refractivity contribution in [2.45, 2.75) is 29.9 Å². The number of hydrogen-bond acceptors (Lipinski definition) is 3. The Hall–Kier alpha value is -0.420. The Kier molecular flexibility index (Phi) is 8.62. The molecule has 1 amide bonds. The molecule has 0 bridgehead atoms. The second kappa shape index (κ2) is 9.66. The molecule has 22 heavy (non-hydrogen) atoms. The molecule has 0 aliphatic carbocycles. The molecule has 1 aliphatic rings. The van der Waals surface area contributed by atoms with Crippen LogP contribution in [-0.2, 0) is 4.79 Å². The van der Waals surface area contributed by atoms with Gasteiger partial charge >= 0.3 is 0 Å². The number of halogens is 2. The molecule has 1 heterocycles. The maximum Gasteiger partial charge on any atom is 0.235 e. The molecule has 1 aromatic rings. The van der Waals surface area contributed by atoms with E-state index < -0.39 is 0 Å². The van der Waals surface area contributed by atoms with E-state index in [1.807, 2.05) is 43.1 Å². The first-order chi connectivity index (χ1) is 10.1. The molecule has 1 aliphatic heterocycles. The summed E-state index contributed by atoms with van der Waals surface area (Å²) in [4.78, 5) is 15.6. The van der Waals surface area contributed by atoms with Gasteiger partial charge in [0.05, 0.1) is 10.3 Å². The van der Waals surface area contributed by atoms with Gasteiger partial charge in [-0.05, 0) is 51.4 Å². The number of amides is 1. The molecule has 1 saturated heterocycles. The zero-order valence-corrected chi connectivity index (χ0v) is 15.4. The highest BCUT2D eigenvalue weighted by molar-refractivity contribution is 8.00. The van der Waals surface area contributed by atoms with Crippen LogP contribution in [0.25, 0.3) is 0 Å². The summed E-state index contributed by atoms with van der Waals surface area (Å²) < 4.78 is 0. The molecule has 2 atom stereocenters. The van der Waals surface area contributed by atoms with Gasteiger partial charge in [-0.15, -0.1) is 24.2 Å². The SMILES string of the molecule is CNCC1CCCN(C(=O)C(C)Sc2ccccc2Cl)C1.Cl. The summed E-state index contributed by atoms with van der Waals surface area (Å²) in [5.41, 5.74) is 0. The average molecular weight is 363 g/mol. The standard InChI is InChI=1S/C16H23ClN2OS.ClH/c1-12(21-15-8-4-3-7-14(15)17)16(20)19-9-5-6-13(11-19)10-18-2;/h3-4,7-8,12-13,18H,5-6,9-11H2,1-2H3;1H. The van der Waals surface area contributed by atoms with Crippen molar-refractivity contribution in [3.8, 4) is 0 Å². The van der Waals surface area contributed by atoms with Crippen LogP contribution in [0, 0.1) is 5.92 Å². The van der Waals surface area contributed by atoms with E-state index in [2.05, 4.69) is 5.32 Å². The summed E-state index contributed by atoms with van der Waals surface area (Å²) in [7, 11) is 1.97. The van der Waals surface area contributed by atoms with Gasteiger partial charge in [-0.2, -0.15) is 0 Å². The van der Waals surface area contributed by atoms with Gasteiger partial charge < -0.3 is 10.2 Å². The molecule has 0 aromatic heterocycles. The van der Waals surface area contributed by atoms with Crippen LogP contribution in [0.1, 0.15) is 19.8 Å². The Morgan fingerprint density at radius 2 is 2.23 bits per heavy atom. The van der Waals surface area contributed by atoms with Crippen molar-refractivity contribution >= 4 is 41.7 Å². The molecular weight excluding hydrogens is 339 g/mol. The van der Waals surface area contributed by atoms with Crippen LogP contribution in [0.3, 0.4) is 0 Å². The van der Waals surface area contributed by atoms with E-state index in [9.17, 15) is 4.79 Å². The highest BCUT2D eigenvalue weighted by atomic mass is 35.5. The van der Waals surface area contributed by atoms with Crippen molar-refractivity contribution in [1.82, 2.24) is 10.2 Å². The van der Waals surface area contributed by atoms with Crippen LogP contribution in [0.5, 0.6) is 0 Å². The third-order valence-corrected chi connectivity index (χ3v) is 5.42. The summed E-state index contributed by atoms with van der Waals surface area (Å²) >= 11 is 7.72. The Bertz CT molecular complexity index is 485. The zero-order valence-electron chi connectivity index (χ0n) is 13.0. The van der Waals surface area contributed by atoms with Gasteiger partial charge in [0.15, 0.2) is 0 Å². The van der Waals surface area contributed by atoms with E-state index in [-0.39, 0.29) is 23.6 Å². The Labute approximate surface area is 148 Å². The fraction of sp³-hybridized carbons (Fsp3) is 0.562. The van der Waals surface area contributed by atoms with E-state index in [1.165, 1.54) is 6.42 Å². The molecular formula is C16H24Cl2N2OS. The fourth-order valence-corrected chi connectivity index (χ4v) is 4.00. The topological polar surface area (TPSA) is 32.3 Å². The highest BCUT2D eigenvalue weighted by Gasteiger charge is 2.27. The van der Waals surface area contributed by atoms with Crippen LogP contribution in [0.4, 0.5) is 0 Å². The highest BCUT2D eigenvalue weighted by Crippen LogP contribution is 2.31. The summed E-state index contributed by atoms with van der Waals surface area (Å²) in [5.74, 6) is 0.797. The number of nitrogens with one attached hydrogen (secondary N) is 1. The summed E-state index contributed by atoms with van der Waals surface area (Å²) in [6, 6.07) is 7.70. The molecule has 2 rings (SSSR count). The van der Waals surface area contributed by atoms with Crippen LogP contribution >= 0.6 is 35.8 Å². The van der Waals surface area contributed by atoms with Crippen molar-refractivity contribution in [2.75, 3.05) is 26.7 Å². The van der Waals surface area contributed by atoms with Crippen LogP contribution in [0.15, 0.2) is 29.2 Å². The monoisotopic (exact) mass is 362 g/mol. The summed E-state index contributed by atoms with van der Waals surface area (Å²) in [6.07, 6.45) is 2.30. The lowest BCUT2D eigenvalue weighted by Crippen LogP contribution is -2.45. The Morgan fingerprint density at radius 1 is 1.50 bits per heavy atom. The maximum atomic E-state index is 12.6. The number of carbonyl (C=O) groups is 1. The molecule has 1 aromatic carbocycles. The van der Waals surface area contributed by atoms with E-state index in [0.717, 1.165) is 31.0 Å². The van der Waals surface area contributed by atoms with E-state index >= 15 is 0 Å². The first kappa shape index (κ1) is 19.6. The van der Waals surface area contributed by atoms with Gasteiger partial charge in [-0.25, -0.2) is 0 Å². The molecule has 3 nitrogen and oxygen atoms in total. The fourth-order valence-electron chi connectivity index (χ4n) is 2.76. The van der Waals surface area contributed by atoms with E-state index in [0.29, 0.717) is 10.9 Å². The van der Waals surface area contributed by atoms with E-state index in [1.54, 1.807) is 11.8 Å². The van der Waals surface area contributed by atoms with Crippen molar-refractivity contribution < 1.29 is 4.79 Å². The first-order valence-electron chi connectivity index (χ1n) is 7.46. The minimum atomic E-state index is -0.0989. The maximum absolute atomic E-state index is 12.6. The van der Waals surface area contributed by atoms with Crippen LogP contribution < -0.4 is 5.32 Å². The second-order valence-electron chi connectivity index (χ2n) is 5.54. The third kappa shape index (κ3) is 5.34. The third-order valence-electron chi connectivity index (χ3n) is 3.81. The predicted octanol–water partition coefficient (Wildman–Crippen LogP) is 3.70. The second-order valence-corrected chi connectivity index (χ2v) is 7.33. The van der Waals surface area contributed by atoms with Crippen molar-refractivity contribution in [3.63, 3.8) is 0 Å². The number of benzene rings is 1.